The fraction of sp³-hybridized carbons (Fsp3) is 0.429. The Balaban J connectivity index is 2.29. The molecule has 0 aliphatic carbocycles. The topological polar surface area (TPSA) is 49.4 Å². The Hall–Kier alpha value is -1.55. The maximum absolute atomic E-state index is 12.1. The predicted molar refractivity (Wildman–Crippen MR) is 73.7 cm³/mol. The molecule has 2 rings (SSSR count). The van der Waals surface area contributed by atoms with E-state index in [1.807, 2.05) is 25.1 Å². The number of hydrogen-bond donors (Lipinski definition) is 1. The van der Waals surface area contributed by atoms with Crippen LogP contribution in [0, 0.1) is 0 Å². The number of rotatable bonds is 3. The Morgan fingerprint density at radius 2 is 2.16 bits per heavy atom. The molecule has 1 N–H and O–H groups in total. The van der Waals surface area contributed by atoms with Crippen LogP contribution in [0.5, 0.6) is 0 Å². The van der Waals surface area contributed by atoms with Crippen molar-refractivity contribution in [3.8, 4) is 0 Å². The molecule has 1 fully saturated rings. The first-order valence-corrected chi connectivity index (χ1v) is 6.68. The van der Waals surface area contributed by atoms with Gasteiger partial charge in [0.05, 0.1) is 6.54 Å². The third kappa shape index (κ3) is 2.59. The first kappa shape index (κ1) is 13.9. The van der Waals surface area contributed by atoms with Crippen molar-refractivity contribution >= 4 is 23.4 Å². The first-order chi connectivity index (χ1) is 8.97. The lowest BCUT2D eigenvalue weighted by Gasteiger charge is -2.43. The Kier molecular flexibility index (Phi) is 3.80. The molecule has 0 radical (unpaired) electrons. The number of nitrogens with one attached hydrogen (secondary N) is 1. The van der Waals surface area contributed by atoms with Crippen LogP contribution in [0.25, 0.3) is 0 Å². The second kappa shape index (κ2) is 5.21. The minimum absolute atomic E-state index is 0.0645. The molecule has 1 aliphatic heterocycles. The van der Waals surface area contributed by atoms with E-state index < -0.39 is 5.54 Å². The smallest absolute Gasteiger partial charge is 0.246 e. The van der Waals surface area contributed by atoms with Crippen LogP contribution >= 0.6 is 11.6 Å². The molecule has 2 amide bonds. The van der Waals surface area contributed by atoms with E-state index in [-0.39, 0.29) is 18.4 Å². The van der Waals surface area contributed by atoms with Crippen LogP contribution in [0.15, 0.2) is 24.3 Å². The SMILES string of the molecule is CCC1(C)C(=O)NCC(=O)N1Cc1cccc(Cl)c1. The van der Waals surface area contributed by atoms with Gasteiger partial charge in [0.1, 0.15) is 5.54 Å². The summed E-state index contributed by atoms with van der Waals surface area (Å²) >= 11 is 5.95. The highest BCUT2D eigenvalue weighted by atomic mass is 35.5. The highest BCUT2D eigenvalue weighted by molar-refractivity contribution is 6.30. The number of nitrogens with zero attached hydrogens (tertiary/aromatic N) is 1. The van der Waals surface area contributed by atoms with Gasteiger partial charge >= 0.3 is 0 Å². The Labute approximate surface area is 117 Å². The van der Waals surface area contributed by atoms with Gasteiger partial charge in [0, 0.05) is 11.6 Å². The molecule has 0 aromatic heterocycles. The Bertz CT molecular complexity index is 518. The second-order valence-electron chi connectivity index (χ2n) is 4.92. The lowest BCUT2D eigenvalue weighted by atomic mass is 9.92. The fourth-order valence-electron chi connectivity index (χ4n) is 2.27. The third-order valence-corrected chi connectivity index (χ3v) is 3.94. The Morgan fingerprint density at radius 3 is 2.79 bits per heavy atom. The maximum Gasteiger partial charge on any atom is 0.246 e. The lowest BCUT2D eigenvalue weighted by Crippen LogP contribution is -2.65. The lowest BCUT2D eigenvalue weighted by molar-refractivity contribution is -0.153. The highest BCUT2D eigenvalue weighted by Crippen LogP contribution is 2.25. The summed E-state index contributed by atoms with van der Waals surface area (Å²) in [5, 5.41) is 3.27. The summed E-state index contributed by atoms with van der Waals surface area (Å²) in [5.41, 5.74) is 0.132. The molecule has 0 saturated carbocycles. The largest absolute Gasteiger partial charge is 0.345 e. The number of amides is 2. The molecule has 1 heterocycles. The van der Waals surface area contributed by atoms with Gasteiger partial charge in [-0.25, -0.2) is 0 Å². The average Bonchev–Trinajstić information content (AvgIpc) is 2.39. The van der Waals surface area contributed by atoms with Crippen LogP contribution in [0.1, 0.15) is 25.8 Å². The zero-order valence-corrected chi connectivity index (χ0v) is 11.8. The minimum atomic E-state index is -0.794. The summed E-state index contributed by atoms with van der Waals surface area (Å²) in [5.74, 6) is -0.166. The molecule has 19 heavy (non-hydrogen) atoms. The van der Waals surface area contributed by atoms with Crippen molar-refractivity contribution in [2.45, 2.75) is 32.4 Å². The van der Waals surface area contributed by atoms with Crippen LogP contribution in [-0.2, 0) is 16.1 Å². The van der Waals surface area contributed by atoms with Gasteiger partial charge in [-0.1, -0.05) is 30.7 Å². The molecule has 1 saturated heterocycles. The quantitative estimate of drug-likeness (QED) is 0.920. The fourth-order valence-corrected chi connectivity index (χ4v) is 2.48. The molecule has 5 heteroatoms. The van der Waals surface area contributed by atoms with Crippen LogP contribution in [0.3, 0.4) is 0 Å². The zero-order valence-electron chi connectivity index (χ0n) is 11.1. The van der Waals surface area contributed by atoms with Crippen molar-refractivity contribution in [2.75, 3.05) is 6.54 Å². The molecule has 1 unspecified atom stereocenters. The Morgan fingerprint density at radius 1 is 1.42 bits per heavy atom. The normalized spacial score (nSPS) is 23.4. The van der Waals surface area contributed by atoms with Gasteiger partial charge in [-0.3, -0.25) is 9.59 Å². The second-order valence-corrected chi connectivity index (χ2v) is 5.36. The van der Waals surface area contributed by atoms with Crippen molar-refractivity contribution < 1.29 is 9.59 Å². The summed E-state index contributed by atoms with van der Waals surface area (Å²) in [7, 11) is 0. The van der Waals surface area contributed by atoms with Gasteiger partial charge in [-0.15, -0.1) is 0 Å². The monoisotopic (exact) mass is 280 g/mol. The molecule has 0 bridgehead atoms. The molecule has 1 aromatic rings. The van der Waals surface area contributed by atoms with Gasteiger partial charge in [-0.2, -0.15) is 0 Å². The zero-order chi connectivity index (χ0) is 14.0. The van der Waals surface area contributed by atoms with Crippen LogP contribution in [0.4, 0.5) is 0 Å². The van der Waals surface area contributed by atoms with E-state index >= 15 is 0 Å². The maximum atomic E-state index is 12.1. The summed E-state index contributed by atoms with van der Waals surface area (Å²) in [4.78, 5) is 25.7. The number of carbonyl (C=O) groups excluding carboxylic acids is 2. The molecule has 0 spiro atoms. The predicted octanol–water partition coefficient (Wildman–Crippen LogP) is 1.97. The summed E-state index contributed by atoms with van der Waals surface area (Å²) in [6, 6.07) is 7.35. The van der Waals surface area contributed by atoms with Gasteiger partial charge in [-0.05, 0) is 31.0 Å². The van der Waals surface area contributed by atoms with E-state index in [2.05, 4.69) is 5.32 Å². The summed E-state index contributed by atoms with van der Waals surface area (Å²) < 4.78 is 0. The number of carbonyl (C=O) groups is 2. The van der Waals surface area contributed by atoms with Gasteiger partial charge in [0.2, 0.25) is 11.8 Å². The van der Waals surface area contributed by atoms with E-state index in [9.17, 15) is 9.59 Å². The molecular weight excluding hydrogens is 264 g/mol. The minimum Gasteiger partial charge on any atom is -0.345 e. The molecule has 1 atom stereocenters. The van der Waals surface area contributed by atoms with E-state index in [4.69, 9.17) is 11.6 Å². The third-order valence-electron chi connectivity index (χ3n) is 3.70. The van der Waals surface area contributed by atoms with Crippen molar-refractivity contribution in [3.05, 3.63) is 34.9 Å². The molecular formula is C14H17ClN2O2. The van der Waals surface area contributed by atoms with E-state index in [0.717, 1.165) is 5.56 Å². The molecule has 1 aromatic carbocycles. The number of hydrogen-bond acceptors (Lipinski definition) is 2. The van der Waals surface area contributed by atoms with Crippen molar-refractivity contribution in [1.82, 2.24) is 10.2 Å². The van der Waals surface area contributed by atoms with Crippen LogP contribution < -0.4 is 5.32 Å². The van der Waals surface area contributed by atoms with Gasteiger partial charge in [0.15, 0.2) is 0 Å². The summed E-state index contributed by atoms with van der Waals surface area (Å²) in [6.45, 7) is 4.17. The van der Waals surface area contributed by atoms with E-state index in [0.29, 0.717) is 18.0 Å². The van der Waals surface area contributed by atoms with Crippen LogP contribution in [-0.4, -0.2) is 28.8 Å². The van der Waals surface area contributed by atoms with Gasteiger partial charge in [0.25, 0.3) is 0 Å². The van der Waals surface area contributed by atoms with Crippen molar-refractivity contribution in [1.29, 1.82) is 0 Å². The summed E-state index contributed by atoms with van der Waals surface area (Å²) in [6.07, 6.45) is 0.575. The number of halogens is 1. The molecule has 102 valence electrons. The highest BCUT2D eigenvalue weighted by Gasteiger charge is 2.43. The molecule has 1 aliphatic rings. The standard InChI is InChI=1S/C14H17ClN2O2/c1-3-14(2)13(19)16-8-12(18)17(14)9-10-5-4-6-11(15)7-10/h4-7H,3,8-9H2,1-2H3,(H,16,19). The average molecular weight is 281 g/mol. The van der Waals surface area contributed by atoms with E-state index in [1.54, 1.807) is 17.9 Å². The van der Waals surface area contributed by atoms with Crippen molar-refractivity contribution in [3.63, 3.8) is 0 Å². The first-order valence-electron chi connectivity index (χ1n) is 6.30. The molecule has 4 nitrogen and oxygen atoms in total. The van der Waals surface area contributed by atoms with Crippen LogP contribution in [0.2, 0.25) is 5.02 Å². The number of benzene rings is 1. The van der Waals surface area contributed by atoms with Crippen molar-refractivity contribution in [2.24, 2.45) is 0 Å². The van der Waals surface area contributed by atoms with E-state index in [1.165, 1.54) is 0 Å². The van der Waals surface area contributed by atoms with Gasteiger partial charge < -0.3 is 10.2 Å². The number of piperazine rings is 1.